The summed E-state index contributed by atoms with van der Waals surface area (Å²) in [4.78, 5) is 0. The SMILES string of the molecule is CC1CC1(O)CC1CCCCO1. The molecule has 0 radical (unpaired) electrons. The molecular weight excluding hydrogens is 152 g/mol. The lowest BCUT2D eigenvalue weighted by Crippen LogP contribution is -2.26. The molecule has 0 amide bonds. The topological polar surface area (TPSA) is 29.5 Å². The molecule has 0 aromatic heterocycles. The van der Waals surface area contributed by atoms with Crippen LogP contribution in [-0.4, -0.2) is 23.4 Å². The zero-order chi connectivity index (χ0) is 8.60. The van der Waals surface area contributed by atoms with Crippen LogP contribution in [0.5, 0.6) is 0 Å². The van der Waals surface area contributed by atoms with E-state index < -0.39 is 0 Å². The largest absolute Gasteiger partial charge is 0.389 e. The summed E-state index contributed by atoms with van der Waals surface area (Å²) in [5, 5.41) is 9.87. The Morgan fingerprint density at radius 3 is 2.75 bits per heavy atom. The molecule has 2 heteroatoms. The number of ether oxygens (including phenoxy) is 1. The van der Waals surface area contributed by atoms with E-state index in [1.54, 1.807) is 0 Å². The Kier molecular flexibility index (Phi) is 2.13. The van der Waals surface area contributed by atoms with Gasteiger partial charge in [0, 0.05) is 13.0 Å². The summed E-state index contributed by atoms with van der Waals surface area (Å²) in [5.74, 6) is 0.503. The van der Waals surface area contributed by atoms with Gasteiger partial charge < -0.3 is 9.84 Å². The van der Waals surface area contributed by atoms with Crippen molar-refractivity contribution >= 4 is 0 Å². The zero-order valence-corrected chi connectivity index (χ0v) is 7.75. The second-order valence-corrected chi connectivity index (χ2v) is 4.40. The van der Waals surface area contributed by atoms with Gasteiger partial charge in [-0.15, -0.1) is 0 Å². The van der Waals surface area contributed by atoms with Crippen LogP contribution in [0.25, 0.3) is 0 Å². The van der Waals surface area contributed by atoms with Crippen LogP contribution in [0.3, 0.4) is 0 Å². The number of aliphatic hydroxyl groups is 1. The van der Waals surface area contributed by atoms with Crippen molar-refractivity contribution in [2.24, 2.45) is 5.92 Å². The third-order valence-corrected chi connectivity index (χ3v) is 3.27. The summed E-state index contributed by atoms with van der Waals surface area (Å²) in [5.41, 5.74) is -0.359. The van der Waals surface area contributed by atoms with E-state index in [1.165, 1.54) is 12.8 Å². The maximum atomic E-state index is 9.87. The fourth-order valence-corrected chi connectivity index (χ4v) is 2.12. The van der Waals surface area contributed by atoms with Crippen LogP contribution in [0.2, 0.25) is 0 Å². The molecule has 1 aliphatic heterocycles. The van der Waals surface area contributed by atoms with Gasteiger partial charge in [0.15, 0.2) is 0 Å². The lowest BCUT2D eigenvalue weighted by Gasteiger charge is -2.24. The van der Waals surface area contributed by atoms with Crippen molar-refractivity contribution in [1.82, 2.24) is 0 Å². The van der Waals surface area contributed by atoms with Gasteiger partial charge in [0.1, 0.15) is 0 Å². The Balaban J connectivity index is 1.78. The first kappa shape index (κ1) is 8.52. The van der Waals surface area contributed by atoms with Crippen molar-refractivity contribution in [3.05, 3.63) is 0 Å². The van der Waals surface area contributed by atoms with Gasteiger partial charge in [0.2, 0.25) is 0 Å². The predicted octanol–water partition coefficient (Wildman–Crippen LogP) is 1.72. The molecule has 1 aliphatic carbocycles. The molecule has 1 N–H and O–H groups in total. The van der Waals surface area contributed by atoms with Gasteiger partial charge >= 0.3 is 0 Å². The van der Waals surface area contributed by atoms with Crippen molar-refractivity contribution in [3.63, 3.8) is 0 Å². The van der Waals surface area contributed by atoms with E-state index in [1.807, 2.05) is 0 Å². The minimum absolute atomic E-state index is 0.341. The summed E-state index contributed by atoms with van der Waals surface area (Å²) in [6.07, 6.45) is 5.81. The standard InChI is InChI=1S/C10H18O2/c1-8-6-10(8,11)7-9-4-2-3-5-12-9/h8-9,11H,2-7H2,1H3. The molecular formula is C10H18O2. The van der Waals surface area contributed by atoms with Gasteiger partial charge in [-0.05, 0) is 31.6 Å². The fourth-order valence-electron chi connectivity index (χ4n) is 2.12. The monoisotopic (exact) mass is 170 g/mol. The molecule has 0 aromatic rings. The molecule has 2 fully saturated rings. The smallest absolute Gasteiger partial charge is 0.0702 e. The predicted molar refractivity (Wildman–Crippen MR) is 46.9 cm³/mol. The summed E-state index contributed by atoms with van der Waals surface area (Å²) >= 11 is 0. The lowest BCUT2D eigenvalue weighted by atomic mass is 10.0. The van der Waals surface area contributed by atoms with E-state index in [-0.39, 0.29) is 5.60 Å². The Labute approximate surface area is 73.9 Å². The second kappa shape index (κ2) is 3.00. The van der Waals surface area contributed by atoms with Crippen LogP contribution in [0, 0.1) is 5.92 Å². The molecule has 0 bridgehead atoms. The Bertz CT molecular complexity index is 163. The molecule has 1 saturated carbocycles. The summed E-state index contributed by atoms with van der Waals surface area (Å²) in [7, 11) is 0. The third kappa shape index (κ3) is 1.64. The highest BCUT2D eigenvalue weighted by Gasteiger charge is 2.50. The minimum atomic E-state index is -0.359. The van der Waals surface area contributed by atoms with Gasteiger partial charge in [-0.3, -0.25) is 0 Å². The minimum Gasteiger partial charge on any atom is -0.389 e. The quantitative estimate of drug-likeness (QED) is 0.683. The van der Waals surface area contributed by atoms with Crippen molar-refractivity contribution in [3.8, 4) is 0 Å². The average Bonchev–Trinajstić information content (AvgIpc) is 2.61. The molecule has 1 saturated heterocycles. The van der Waals surface area contributed by atoms with Crippen molar-refractivity contribution in [2.45, 2.75) is 50.7 Å². The van der Waals surface area contributed by atoms with Crippen LogP contribution in [0.4, 0.5) is 0 Å². The van der Waals surface area contributed by atoms with E-state index in [9.17, 15) is 5.11 Å². The van der Waals surface area contributed by atoms with Crippen molar-refractivity contribution < 1.29 is 9.84 Å². The highest BCUT2D eigenvalue weighted by atomic mass is 16.5. The van der Waals surface area contributed by atoms with E-state index in [2.05, 4.69) is 6.92 Å². The highest BCUT2D eigenvalue weighted by Crippen LogP contribution is 2.47. The van der Waals surface area contributed by atoms with Crippen molar-refractivity contribution in [1.29, 1.82) is 0 Å². The number of hydrogen-bond donors (Lipinski definition) is 1. The van der Waals surface area contributed by atoms with Crippen LogP contribution in [-0.2, 0) is 4.74 Å². The first-order chi connectivity index (χ1) is 5.71. The normalized spacial score (nSPS) is 47.5. The Morgan fingerprint density at radius 2 is 2.25 bits per heavy atom. The molecule has 3 unspecified atom stereocenters. The van der Waals surface area contributed by atoms with Gasteiger partial charge in [0.25, 0.3) is 0 Å². The Hall–Kier alpha value is -0.0800. The molecule has 70 valence electrons. The molecule has 2 nitrogen and oxygen atoms in total. The van der Waals surface area contributed by atoms with E-state index >= 15 is 0 Å². The van der Waals surface area contributed by atoms with Crippen LogP contribution in [0.15, 0.2) is 0 Å². The van der Waals surface area contributed by atoms with E-state index in [0.717, 1.165) is 25.9 Å². The molecule has 1 heterocycles. The number of rotatable bonds is 2. The van der Waals surface area contributed by atoms with E-state index in [4.69, 9.17) is 4.74 Å². The molecule has 2 rings (SSSR count). The highest BCUT2D eigenvalue weighted by molar-refractivity contribution is 5.02. The molecule has 3 atom stereocenters. The van der Waals surface area contributed by atoms with Crippen molar-refractivity contribution in [2.75, 3.05) is 6.61 Å². The van der Waals surface area contributed by atoms with Gasteiger partial charge in [0.05, 0.1) is 11.7 Å². The number of hydrogen-bond acceptors (Lipinski definition) is 2. The van der Waals surface area contributed by atoms with E-state index in [0.29, 0.717) is 12.0 Å². The van der Waals surface area contributed by atoms with Crippen LogP contribution >= 0.6 is 0 Å². The molecule has 0 aromatic carbocycles. The lowest BCUT2D eigenvalue weighted by molar-refractivity contribution is -0.0250. The first-order valence-electron chi connectivity index (χ1n) is 5.05. The molecule has 12 heavy (non-hydrogen) atoms. The molecule has 2 aliphatic rings. The Morgan fingerprint density at radius 1 is 1.50 bits per heavy atom. The average molecular weight is 170 g/mol. The van der Waals surface area contributed by atoms with Gasteiger partial charge in [-0.1, -0.05) is 6.92 Å². The summed E-state index contributed by atoms with van der Waals surface area (Å²) < 4.78 is 5.58. The maximum Gasteiger partial charge on any atom is 0.0702 e. The van der Waals surface area contributed by atoms with Gasteiger partial charge in [-0.2, -0.15) is 0 Å². The van der Waals surface area contributed by atoms with Gasteiger partial charge in [-0.25, -0.2) is 0 Å². The maximum absolute atomic E-state index is 9.87. The molecule has 0 spiro atoms. The summed E-state index contributed by atoms with van der Waals surface area (Å²) in [6.45, 7) is 3.01. The van der Waals surface area contributed by atoms with Crippen LogP contribution in [0.1, 0.15) is 39.0 Å². The first-order valence-corrected chi connectivity index (χ1v) is 5.05. The zero-order valence-electron chi connectivity index (χ0n) is 7.75. The fraction of sp³-hybridized carbons (Fsp3) is 1.00. The third-order valence-electron chi connectivity index (χ3n) is 3.27. The summed E-state index contributed by atoms with van der Waals surface area (Å²) in [6, 6.07) is 0. The second-order valence-electron chi connectivity index (χ2n) is 4.40. The van der Waals surface area contributed by atoms with Crippen LogP contribution < -0.4 is 0 Å².